The first kappa shape index (κ1) is 18.3. The summed E-state index contributed by atoms with van der Waals surface area (Å²) in [5.74, 6) is -0.0895. The van der Waals surface area contributed by atoms with Crippen molar-refractivity contribution in [1.29, 1.82) is 0 Å². The fraction of sp³-hybridized carbons (Fsp3) is 0.0952. The predicted octanol–water partition coefficient (Wildman–Crippen LogP) is 6.23. The largest absolute Gasteiger partial charge is 0.353 e. The van der Waals surface area contributed by atoms with Gasteiger partial charge in [0.25, 0.3) is 0 Å². The Hall–Kier alpha value is -2.49. The van der Waals surface area contributed by atoms with Gasteiger partial charge in [-0.2, -0.15) is 0 Å². The van der Waals surface area contributed by atoms with Gasteiger partial charge >= 0.3 is 0 Å². The lowest BCUT2D eigenvalue weighted by Gasteiger charge is -2.14. The SMILES string of the molecule is Cc1ccc(NC(=O)Cc2ccccc2Nc2c(Cl)cccc2Cl)cc1. The average molecular weight is 385 g/mol. The Morgan fingerprint density at radius 1 is 0.885 bits per heavy atom. The zero-order valence-corrected chi connectivity index (χ0v) is 15.7. The van der Waals surface area contributed by atoms with Gasteiger partial charge in [-0.1, -0.05) is 65.2 Å². The Balaban J connectivity index is 1.76. The highest BCUT2D eigenvalue weighted by Crippen LogP contribution is 2.33. The van der Waals surface area contributed by atoms with Crippen LogP contribution < -0.4 is 10.6 Å². The van der Waals surface area contributed by atoms with Crippen LogP contribution >= 0.6 is 23.2 Å². The molecule has 3 rings (SSSR count). The van der Waals surface area contributed by atoms with Gasteiger partial charge in [0.15, 0.2) is 0 Å². The molecule has 3 aromatic rings. The lowest BCUT2D eigenvalue weighted by molar-refractivity contribution is -0.115. The zero-order valence-electron chi connectivity index (χ0n) is 14.2. The smallest absolute Gasteiger partial charge is 0.228 e. The molecule has 0 fully saturated rings. The van der Waals surface area contributed by atoms with Crippen LogP contribution in [0.2, 0.25) is 10.0 Å². The molecule has 1 amide bonds. The molecule has 0 radical (unpaired) electrons. The molecule has 2 N–H and O–H groups in total. The van der Waals surface area contributed by atoms with Gasteiger partial charge < -0.3 is 10.6 Å². The van der Waals surface area contributed by atoms with Crippen molar-refractivity contribution in [3.8, 4) is 0 Å². The first-order valence-corrected chi connectivity index (χ1v) is 8.94. The monoisotopic (exact) mass is 384 g/mol. The van der Waals surface area contributed by atoms with Crippen LogP contribution in [-0.4, -0.2) is 5.91 Å². The van der Waals surface area contributed by atoms with Crippen molar-refractivity contribution in [3.63, 3.8) is 0 Å². The van der Waals surface area contributed by atoms with Crippen molar-refractivity contribution < 1.29 is 4.79 Å². The third-order valence-electron chi connectivity index (χ3n) is 3.93. The van der Waals surface area contributed by atoms with Gasteiger partial charge in [0, 0.05) is 11.4 Å². The van der Waals surface area contributed by atoms with Crippen molar-refractivity contribution in [1.82, 2.24) is 0 Å². The summed E-state index contributed by atoms with van der Waals surface area (Å²) < 4.78 is 0. The van der Waals surface area contributed by atoms with E-state index in [-0.39, 0.29) is 12.3 Å². The maximum absolute atomic E-state index is 12.4. The van der Waals surface area contributed by atoms with Crippen LogP contribution in [0.25, 0.3) is 0 Å². The maximum atomic E-state index is 12.4. The van der Waals surface area contributed by atoms with Crippen LogP contribution in [-0.2, 0) is 11.2 Å². The van der Waals surface area contributed by atoms with E-state index in [1.54, 1.807) is 18.2 Å². The highest BCUT2D eigenvalue weighted by atomic mass is 35.5. The molecular weight excluding hydrogens is 367 g/mol. The maximum Gasteiger partial charge on any atom is 0.228 e. The van der Waals surface area contributed by atoms with Crippen LogP contribution in [0.15, 0.2) is 66.7 Å². The molecule has 0 aliphatic carbocycles. The van der Waals surface area contributed by atoms with E-state index < -0.39 is 0 Å². The summed E-state index contributed by atoms with van der Waals surface area (Å²) in [5, 5.41) is 7.20. The molecule has 0 aliphatic rings. The molecule has 3 nitrogen and oxygen atoms in total. The summed E-state index contributed by atoms with van der Waals surface area (Å²) in [5.41, 5.74) is 4.20. The van der Waals surface area contributed by atoms with Crippen LogP contribution in [0.5, 0.6) is 0 Å². The van der Waals surface area contributed by atoms with Crippen LogP contribution in [0.4, 0.5) is 17.1 Å². The number of para-hydroxylation sites is 2. The third-order valence-corrected chi connectivity index (χ3v) is 4.56. The summed E-state index contributed by atoms with van der Waals surface area (Å²) >= 11 is 12.5. The standard InChI is InChI=1S/C21H18Cl2N2O/c1-14-9-11-16(12-10-14)24-20(26)13-15-5-2-3-8-19(15)25-21-17(22)6-4-7-18(21)23/h2-12,25H,13H2,1H3,(H,24,26). The van der Waals surface area contributed by atoms with E-state index in [1.807, 2.05) is 55.5 Å². The lowest BCUT2D eigenvalue weighted by atomic mass is 10.1. The molecule has 132 valence electrons. The van der Waals surface area contributed by atoms with Crippen LogP contribution in [0.3, 0.4) is 0 Å². The first-order valence-electron chi connectivity index (χ1n) is 8.18. The van der Waals surface area contributed by atoms with E-state index in [0.717, 1.165) is 22.5 Å². The molecule has 26 heavy (non-hydrogen) atoms. The summed E-state index contributed by atoms with van der Waals surface area (Å²) in [6, 6.07) is 20.6. The Labute approximate surface area is 163 Å². The molecule has 0 saturated heterocycles. The third kappa shape index (κ3) is 4.57. The van der Waals surface area contributed by atoms with E-state index in [4.69, 9.17) is 23.2 Å². The Bertz CT molecular complexity index is 903. The highest BCUT2D eigenvalue weighted by molar-refractivity contribution is 6.39. The number of halogens is 2. The number of rotatable bonds is 5. The number of aryl methyl sites for hydroxylation is 1. The highest BCUT2D eigenvalue weighted by Gasteiger charge is 2.11. The molecule has 3 aromatic carbocycles. The fourth-order valence-corrected chi connectivity index (χ4v) is 3.06. The molecule has 0 heterocycles. The van der Waals surface area contributed by atoms with Crippen LogP contribution in [0.1, 0.15) is 11.1 Å². The van der Waals surface area contributed by atoms with Crippen molar-refractivity contribution >= 4 is 46.2 Å². The van der Waals surface area contributed by atoms with Gasteiger partial charge in [-0.3, -0.25) is 4.79 Å². The summed E-state index contributed by atoms with van der Waals surface area (Å²) in [6.45, 7) is 2.01. The number of carbonyl (C=O) groups is 1. The summed E-state index contributed by atoms with van der Waals surface area (Å²) in [4.78, 5) is 12.4. The first-order chi connectivity index (χ1) is 12.5. The van der Waals surface area contributed by atoms with E-state index in [1.165, 1.54) is 0 Å². The molecule has 0 aliphatic heterocycles. The molecule has 0 aromatic heterocycles. The number of amides is 1. The minimum absolute atomic E-state index is 0.0895. The minimum atomic E-state index is -0.0895. The predicted molar refractivity (Wildman–Crippen MR) is 110 cm³/mol. The number of hydrogen-bond acceptors (Lipinski definition) is 2. The van der Waals surface area contributed by atoms with E-state index in [0.29, 0.717) is 15.7 Å². The molecule has 0 atom stereocenters. The zero-order chi connectivity index (χ0) is 18.5. The summed E-state index contributed by atoms with van der Waals surface area (Å²) in [7, 11) is 0. The van der Waals surface area contributed by atoms with Gasteiger partial charge in [-0.25, -0.2) is 0 Å². The number of carbonyl (C=O) groups excluding carboxylic acids is 1. The van der Waals surface area contributed by atoms with E-state index >= 15 is 0 Å². The quantitative estimate of drug-likeness (QED) is 0.547. The second-order valence-electron chi connectivity index (χ2n) is 5.97. The van der Waals surface area contributed by atoms with Crippen molar-refractivity contribution in [2.45, 2.75) is 13.3 Å². The Morgan fingerprint density at radius 2 is 1.54 bits per heavy atom. The van der Waals surface area contributed by atoms with Gasteiger partial charge in [0.2, 0.25) is 5.91 Å². The van der Waals surface area contributed by atoms with E-state index in [9.17, 15) is 4.79 Å². The second kappa shape index (κ2) is 8.26. The van der Waals surface area contributed by atoms with Crippen LogP contribution in [0, 0.1) is 6.92 Å². The molecule has 0 saturated carbocycles. The van der Waals surface area contributed by atoms with Crippen molar-refractivity contribution in [3.05, 3.63) is 87.9 Å². The molecule has 0 bridgehead atoms. The second-order valence-corrected chi connectivity index (χ2v) is 6.78. The Morgan fingerprint density at radius 3 is 2.23 bits per heavy atom. The summed E-state index contributed by atoms with van der Waals surface area (Å²) in [6.07, 6.45) is 0.235. The van der Waals surface area contributed by atoms with Crippen molar-refractivity contribution in [2.75, 3.05) is 10.6 Å². The van der Waals surface area contributed by atoms with E-state index in [2.05, 4.69) is 10.6 Å². The van der Waals surface area contributed by atoms with Gasteiger partial charge in [-0.15, -0.1) is 0 Å². The normalized spacial score (nSPS) is 10.4. The Kier molecular flexibility index (Phi) is 5.82. The van der Waals surface area contributed by atoms with Crippen molar-refractivity contribution in [2.24, 2.45) is 0 Å². The van der Waals surface area contributed by atoms with Gasteiger partial charge in [0.05, 0.1) is 22.2 Å². The number of nitrogens with one attached hydrogen (secondary N) is 2. The molecule has 5 heteroatoms. The van der Waals surface area contributed by atoms with Gasteiger partial charge in [0.1, 0.15) is 0 Å². The molecule has 0 spiro atoms. The molecule has 0 unspecified atom stereocenters. The average Bonchev–Trinajstić information content (AvgIpc) is 2.61. The molecular formula is C21H18Cl2N2O. The lowest BCUT2D eigenvalue weighted by Crippen LogP contribution is -2.15. The minimum Gasteiger partial charge on any atom is -0.353 e. The fourth-order valence-electron chi connectivity index (χ4n) is 2.56. The number of hydrogen-bond donors (Lipinski definition) is 2. The number of anilines is 3. The topological polar surface area (TPSA) is 41.1 Å². The van der Waals surface area contributed by atoms with Gasteiger partial charge in [-0.05, 0) is 42.8 Å². The number of benzene rings is 3.